The first-order chi connectivity index (χ1) is 12.3. The van der Waals surface area contributed by atoms with Gasteiger partial charge in [0.25, 0.3) is 5.91 Å². The Morgan fingerprint density at radius 3 is 3.00 bits per heavy atom. The number of piperazine rings is 1. The number of nitrogens with zero attached hydrogens (tertiary/aromatic N) is 3. The third-order valence-electron chi connectivity index (χ3n) is 5.23. The summed E-state index contributed by atoms with van der Waals surface area (Å²) in [5.74, 6) is 1.21. The lowest BCUT2D eigenvalue weighted by molar-refractivity contribution is 0.0365. The van der Waals surface area contributed by atoms with E-state index in [2.05, 4.69) is 10.1 Å². The van der Waals surface area contributed by atoms with Crippen LogP contribution in [0.15, 0.2) is 34.9 Å². The molecule has 132 valence electrons. The number of fused-ring (bicyclic) bond motifs is 1. The van der Waals surface area contributed by atoms with Gasteiger partial charge >= 0.3 is 0 Å². The van der Waals surface area contributed by atoms with E-state index in [0.717, 1.165) is 31.7 Å². The van der Waals surface area contributed by atoms with Crippen molar-refractivity contribution in [3.63, 3.8) is 0 Å². The molecular formula is C19H23N3O3. The van der Waals surface area contributed by atoms with Crippen LogP contribution in [-0.4, -0.2) is 60.2 Å². The number of para-hydroxylation sites is 1. The molecule has 2 aliphatic heterocycles. The normalized spacial score (nSPS) is 21.0. The highest BCUT2D eigenvalue weighted by atomic mass is 16.5. The van der Waals surface area contributed by atoms with Gasteiger partial charge in [0, 0.05) is 31.7 Å². The molecule has 3 heterocycles. The standard InChI is InChI=1S/C19H23N3O3/c1-24-17-8-3-2-7-15(17)18-12-16(20-25-18)19(23)22-11-10-21-9-5-4-6-14(21)13-22/h2-3,7-8,12,14H,4-6,9-11,13H2,1H3/t14-/m0/s1. The lowest BCUT2D eigenvalue weighted by Gasteiger charge is -2.43. The Hall–Kier alpha value is -2.34. The smallest absolute Gasteiger partial charge is 0.276 e. The number of amides is 1. The Balaban J connectivity index is 1.51. The SMILES string of the molecule is COc1ccccc1-c1cc(C(=O)N2CCN3CCCC[C@H]3C2)no1. The Labute approximate surface area is 147 Å². The van der Waals surface area contributed by atoms with Gasteiger partial charge in [-0.1, -0.05) is 23.7 Å². The molecule has 0 N–H and O–H groups in total. The van der Waals surface area contributed by atoms with Crippen LogP contribution in [0.1, 0.15) is 29.8 Å². The number of hydrogen-bond acceptors (Lipinski definition) is 5. The molecule has 4 rings (SSSR count). The summed E-state index contributed by atoms with van der Waals surface area (Å²) < 4.78 is 10.8. The average Bonchev–Trinajstić information content (AvgIpc) is 3.17. The van der Waals surface area contributed by atoms with Crippen LogP contribution in [-0.2, 0) is 0 Å². The van der Waals surface area contributed by atoms with Crippen LogP contribution in [0.2, 0.25) is 0 Å². The number of piperidine rings is 1. The van der Waals surface area contributed by atoms with Gasteiger partial charge in [-0.3, -0.25) is 9.69 Å². The molecule has 0 unspecified atom stereocenters. The molecule has 0 aliphatic carbocycles. The van der Waals surface area contributed by atoms with Crippen molar-refractivity contribution in [3.8, 4) is 17.1 Å². The van der Waals surface area contributed by atoms with E-state index in [-0.39, 0.29) is 5.91 Å². The number of aromatic nitrogens is 1. The molecule has 0 spiro atoms. The van der Waals surface area contributed by atoms with E-state index in [9.17, 15) is 4.79 Å². The largest absolute Gasteiger partial charge is 0.496 e. The minimum absolute atomic E-state index is 0.0462. The molecule has 1 atom stereocenters. The van der Waals surface area contributed by atoms with Crippen molar-refractivity contribution < 1.29 is 14.1 Å². The third-order valence-corrected chi connectivity index (χ3v) is 5.23. The van der Waals surface area contributed by atoms with Crippen molar-refractivity contribution >= 4 is 5.91 Å². The van der Waals surface area contributed by atoms with Crippen LogP contribution in [0.25, 0.3) is 11.3 Å². The van der Waals surface area contributed by atoms with Crippen molar-refractivity contribution in [2.24, 2.45) is 0 Å². The maximum absolute atomic E-state index is 12.8. The Morgan fingerprint density at radius 1 is 1.24 bits per heavy atom. The number of carbonyl (C=O) groups excluding carboxylic acids is 1. The third kappa shape index (κ3) is 3.14. The zero-order valence-corrected chi connectivity index (χ0v) is 14.5. The fourth-order valence-electron chi connectivity index (χ4n) is 3.85. The predicted molar refractivity (Wildman–Crippen MR) is 93.6 cm³/mol. The van der Waals surface area contributed by atoms with Gasteiger partial charge in [-0.05, 0) is 31.5 Å². The monoisotopic (exact) mass is 341 g/mol. The van der Waals surface area contributed by atoms with Gasteiger partial charge in [-0.15, -0.1) is 0 Å². The second-order valence-corrected chi connectivity index (χ2v) is 6.71. The van der Waals surface area contributed by atoms with Crippen LogP contribution in [0, 0.1) is 0 Å². The summed E-state index contributed by atoms with van der Waals surface area (Å²) in [4.78, 5) is 17.3. The summed E-state index contributed by atoms with van der Waals surface area (Å²) in [5.41, 5.74) is 1.17. The highest BCUT2D eigenvalue weighted by molar-refractivity contribution is 5.93. The van der Waals surface area contributed by atoms with Gasteiger partial charge in [0.1, 0.15) is 5.75 Å². The number of rotatable bonds is 3. The van der Waals surface area contributed by atoms with Crippen molar-refractivity contribution in [1.29, 1.82) is 0 Å². The zero-order chi connectivity index (χ0) is 17.2. The highest BCUT2D eigenvalue weighted by Crippen LogP contribution is 2.30. The Bertz CT molecular complexity index is 758. The van der Waals surface area contributed by atoms with Crippen LogP contribution in [0.4, 0.5) is 0 Å². The predicted octanol–water partition coefficient (Wildman–Crippen LogP) is 2.66. The van der Waals surface area contributed by atoms with Crippen molar-refractivity contribution in [3.05, 3.63) is 36.0 Å². The summed E-state index contributed by atoms with van der Waals surface area (Å²) in [6.45, 7) is 3.66. The lowest BCUT2D eigenvalue weighted by atomic mass is 9.99. The fourth-order valence-corrected chi connectivity index (χ4v) is 3.85. The van der Waals surface area contributed by atoms with E-state index in [1.807, 2.05) is 29.2 Å². The molecular weight excluding hydrogens is 318 g/mol. The molecule has 6 nitrogen and oxygen atoms in total. The molecule has 0 bridgehead atoms. The maximum atomic E-state index is 12.8. The first-order valence-corrected chi connectivity index (χ1v) is 8.89. The van der Waals surface area contributed by atoms with Gasteiger partial charge in [-0.25, -0.2) is 0 Å². The van der Waals surface area contributed by atoms with Crippen molar-refractivity contribution in [2.75, 3.05) is 33.3 Å². The van der Waals surface area contributed by atoms with E-state index in [1.54, 1.807) is 13.2 Å². The summed E-state index contributed by atoms with van der Waals surface area (Å²) in [7, 11) is 1.62. The molecule has 0 radical (unpaired) electrons. The molecule has 2 fully saturated rings. The molecule has 2 saturated heterocycles. The van der Waals surface area contributed by atoms with E-state index in [0.29, 0.717) is 23.2 Å². The molecule has 1 aromatic heterocycles. The molecule has 2 aromatic rings. The number of hydrogen-bond donors (Lipinski definition) is 0. The molecule has 6 heteroatoms. The molecule has 1 amide bonds. The van der Waals surface area contributed by atoms with Crippen LogP contribution >= 0.6 is 0 Å². The van der Waals surface area contributed by atoms with Gasteiger partial charge < -0.3 is 14.2 Å². The van der Waals surface area contributed by atoms with Gasteiger partial charge in [0.2, 0.25) is 0 Å². The van der Waals surface area contributed by atoms with Gasteiger partial charge in [0.05, 0.1) is 12.7 Å². The van der Waals surface area contributed by atoms with Crippen molar-refractivity contribution in [2.45, 2.75) is 25.3 Å². The first-order valence-electron chi connectivity index (χ1n) is 8.89. The Morgan fingerprint density at radius 2 is 2.12 bits per heavy atom. The van der Waals surface area contributed by atoms with Gasteiger partial charge in [-0.2, -0.15) is 0 Å². The molecule has 25 heavy (non-hydrogen) atoms. The quantitative estimate of drug-likeness (QED) is 0.859. The number of ether oxygens (including phenoxy) is 1. The summed E-state index contributed by atoms with van der Waals surface area (Å²) in [5, 5.41) is 4.01. The topological polar surface area (TPSA) is 58.8 Å². The molecule has 1 aromatic carbocycles. The van der Waals surface area contributed by atoms with Crippen molar-refractivity contribution in [1.82, 2.24) is 15.0 Å². The molecule has 2 aliphatic rings. The maximum Gasteiger partial charge on any atom is 0.276 e. The second-order valence-electron chi connectivity index (χ2n) is 6.71. The van der Waals surface area contributed by atoms with Crippen LogP contribution < -0.4 is 4.74 Å². The number of carbonyl (C=O) groups is 1. The second kappa shape index (κ2) is 6.88. The average molecular weight is 341 g/mol. The minimum atomic E-state index is -0.0462. The van der Waals surface area contributed by atoms with Crippen LogP contribution in [0.3, 0.4) is 0 Å². The van der Waals surface area contributed by atoms with Crippen LogP contribution in [0.5, 0.6) is 5.75 Å². The number of methoxy groups -OCH3 is 1. The lowest BCUT2D eigenvalue weighted by Crippen LogP contribution is -2.56. The van der Waals surface area contributed by atoms with E-state index < -0.39 is 0 Å². The highest BCUT2D eigenvalue weighted by Gasteiger charge is 2.32. The number of benzene rings is 1. The zero-order valence-electron chi connectivity index (χ0n) is 14.5. The Kier molecular flexibility index (Phi) is 4.44. The summed E-state index contributed by atoms with van der Waals surface area (Å²) in [6.07, 6.45) is 3.70. The first kappa shape index (κ1) is 16.1. The van der Waals surface area contributed by atoms with E-state index in [4.69, 9.17) is 9.26 Å². The minimum Gasteiger partial charge on any atom is -0.496 e. The van der Waals surface area contributed by atoms with E-state index >= 15 is 0 Å². The van der Waals surface area contributed by atoms with Gasteiger partial charge in [0.15, 0.2) is 11.5 Å². The summed E-state index contributed by atoms with van der Waals surface area (Å²) in [6, 6.07) is 9.77. The van der Waals surface area contributed by atoms with E-state index in [1.165, 1.54) is 19.3 Å². The summed E-state index contributed by atoms with van der Waals surface area (Å²) >= 11 is 0. The molecule has 0 saturated carbocycles. The fraction of sp³-hybridized carbons (Fsp3) is 0.474.